The largest absolute Gasteiger partial charge is 0.451 e. The molecule has 0 N–H and O–H groups in total. The molecule has 0 aliphatic rings. The Hall–Kier alpha value is -1.13. The molecule has 5 heteroatoms. The molecule has 0 bridgehead atoms. The van der Waals surface area contributed by atoms with Gasteiger partial charge in [0, 0.05) is 11.4 Å². The molecular weight excluding hydrogens is 181 g/mol. The number of aromatic nitrogens is 2. The zero-order valence-electron chi connectivity index (χ0n) is 7.53. The van der Waals surface area contributed by atoms with Crippen LogP contribution in [0.5, 0.6) is 0 Å². The van der Waals surface area contributed by atoms with Gasteiger partial charge in [0.25, 0.3) is 0 Å². The molecule has 13 heavy (non-hydrogen) atoms. The van der Waals surface area contributed by atoms with Crippen molar-refractivity contribution < 1.29 is 13.2 Å². The zero-order chi connectivity index (χ0) is 10.2. The molecule has 0 unspecified atom stereocenters. The lowest BCUT2D eigenvalue weighted by molar-refractivity contribution is -0.145. The summed E-state index contributed by atoms with van der Waals surface area (Å²) in [6.07, 6.45) is -4.46. The van der Waals surface area contributed by atoms with Crippen LogP contribution in [0.2, 0.25) is 0 Å². The summed E-state index contributed by atoms with van der Waals surface area (Å²) in [5.74, 6) is -1.06. The van der Waals surface area contributed by atoms with E-state index in [2.05, 4.69) is 9.97 Å². The van der Waals surface area contributed by atoms with E-state index in [1.807, 2.05) is 0 Å². The Balaban J connectivity index is 3.29. The lowest BCUT2D eigenvalue weighted by Gasteiger charge is -2.08. The molecule has 1 aromatic heterocycles. The SMILES string of the molecule is Cc1nc(C(F)(F)F)nc(C)c1C. The van der Waals surface area contributed by atoms with Crippen LogP contribution in [-0.4, -0.2) is 9.97 Å². The number of aryl methyl sites for hydroxylation is 2. The second kappa shape index (κ2) is 2.97. The van der Waals surface area contributed by atoms with Crippen molar-refractivity contribution in [2.45, 2.75) is 26.9 Å². The van der Waals surface area contributed by atoms with E-state index >= 15 is 0 Å². The standard InChI is InChI=1S/C8H9F3N2/c1-4-5(2)12-7(8(9,10)11)13-6(4)3/h1-3H3. The minimum Gasteiger partial charge on any atom is -0.229 e. The fraction of sp³-hybridized carbons (Fsp3) is 0.500. The van der Waals surface area contributed by atoms with Gasteiger partial charge in [-0.1, -0.05) is 0 Å². The Morgan fingerprint density at radius 1 is 0.923 bits per heavy atom. The Morgan fingerprint density at radius 3 is 1.62 bits per heavy atom. The number of hydrogen-bond acceptors (Lipinski definition) is 2. The first-order valence-corrected chi connectivity index (χ1v) is 3.71. The highest BCUT2D eigenvalue weighted by Gasteiger charge is 2.35. The van der Waals surface area contributed by atoms with Gasteiger partial charge in [0.2, 0.25) is 5.82 Å². The van der Waals surface area contributed by atoms with E-state index in [9.17, 15) is 13.2 Å². The van der Waals surface area contributed by atoms with Crippen LogP contribution in [-0.2, 0) is 6.18 Å². The lowest BCUT2D eigenvalue weighted by atomic mass is 10.2. The summed E-state index contributed by atoms with van der Waals surface area (Å²) in [5, 5.41) is 0. The highest BCUT2D eigenvalue weighted by molar-refractivity contribution is 5.22. The molecule has 0 radical (unpaired) electrons. The Labute approximate surface area is 73.8 Å². The van der Waals surface area contributed by atoms with Crippen LogP contribution in [0.1, 0.15) is 22.8 Å². The predicted octanol–water partition coefficient (Wildman–Crippen LogP) is 2.42. The van der Waals surface area contributed by atoms with E-state index in [4.69, 9.17) is 0 Å². The zero-order valence-corrected chi connectivity index (χ0v) is 7.53. The highest BCUT2D eigenvalue weighted by atomic mass is 19.4. The van der Waals surface area contributed by atoms with Crippen LogP contribution < -0.4 is 0 Å². The fourth-order valence-electron chi connectivity index (χ4n) is 0.899. The summed E-state index contributed by atoms with van der Waals surface area (Å²) in [4.78, 5) is 6.74. The summed E-state index contributed by atoms with van der Waals surface area (Å²) in [6.45, 7) is 4.78. The van der Waals surface area contributed by atoms with Gasteiger partial charge in [0.05, 0.1) is 0 Å². The second-order valence-electron chi connectivity index (χ2n) is 2.84. The van der Waals surface area contributed by atoms with Gasteiger partial charge in [-0.25, -0.2) is 9.97 Å². The molecule has 0 aromatic carbocycles. The van der Waals surface area contributed by atoms with Crippen LogP contribution in [0.15, 0.2) is 0 Å². The smallest absolute Gasteiger partial charge is 0.229 e. The Kier molecular flexibility index (Phi) is 2.28. The number of halogens is 3. The first kappa shape index (κ1) is 9.95. The second-order valence-corrected chi connectivity index (χ2v) is 2.84. The van der Waals surface area contributed by atoms with Gasteiger partial charge in [-0.3, -0.25) is 0 Å². The number of rotatable bonds is 0. The monoisotopic (exact) mass is 190 g/mol. The highest BCUT2D eigenvalue weighted by Crippen LogP contribution is 2.26. The fourth-order valence-corrected chi connectivity index (χ4v) is 0.899. The van der Waals surface area contributed by atoms with Gasteiger partial charge in [0.15, 0.2) is 0 Å². The number of hydrogen-bond donors (Lipinski definition) is 0. The molecule has 0 fully saturated rings. The van der Waals surface area contributed by atoms with Crippen molar-refractivity contribution in [3.63, 3.8) is 0 Å². The van der Waals surface area contributed by atoms with Crippen molar-refractivity contribution in [1.82, 2.24) is 9.97 Å². The average molecular weight is 190 g/mol. The number of alkyl halides is 3. The maximum atomic E-state index is 12.2. The first-order chi connectivity index (χ1) is 5.82. The Morgan fingerprint density at radius 2 is 1.31 bits per heavy atom. The van der Waals surface area contributed by atoms with E-state index in [0.717, 1.165) is 0 Å². The Bertz CT molecular complexity index is 308. The summed E-state index contributed by atoms with van der Waals surface area (Å²) in [6, 6.07) is 0. The van der Waals surface area contributed by atoms with Gasteiger partial charge in [0.1, 0.15) is 0 Å². The number of nitrogens with zero attached hydrogens (tertiary/aromatic N) is 2. The van der Waals surface area contributed by atoms with Crippen molar-refractivity contribution >= 4 is 0 Å². The third kappa shape index (κ3) is 1.96. The van der Waals surface area contributed by atoms with E-state index in [-0.39, 0.29) is 0 Å². The third-order valence-electron chi connectivity index (χ3n) is 1.89. The van der Waals surface area contributed by atoms with Crippen LogP contribution in [0.4, 0.5) is 13.2 Å². The summed E-state index contributed by atoms with van der Waals surface area (Å²) in [5.41, 5.74) is 1.45. The maximum absolute atomic E-state index is 12.2. The van der Waals surface area contributed by atoms with Gasteiger partial charge in [-0.15, -0.1) is 0 Å². The van der Waals surface area contributed by atoms with E-state index < -0.39 is 12.0 Å². The van der Waals surface area contributed by atoms with Crippen LogP contribution in [0.25, 0.3) is 0 Å². The predicted molar refractivity (Wildman–Crippen MR) is 41.2 cm³/mol. The van der Waals surface area contributed by atoms with E-state index in [0.29, 0.717) is 17.0 Å². The van der Waals surface area contributed by atoms with Crippen LogP contribution >= 0.6 is 0 Å². The summed E-state index contributed by atoms with van der Waals surface area (Å²) >= 11 is 0. The topological polar surface area (TPSA) is 25.8 Å². The van der Waals surface area contributed by atoms with Crippen molar-refractivity contribution in [3.05, 3.63) is 22.8 Å². The van der Waals surface area contributed by atoms with Crippen LogP contribution in [0.3, 0.4) is 0 Å². The van der Waals surface area contributed by atoms with E-state index in [1.165, 1.54) is 0 Å². The molecule has 0 atom stereocenters. The normalized spacial score (nSPS) is 11.8. The summed E-state index contributed by atoms with van der Waals surface area (Å²) < 4.78 is 36.5. The molecule has 0 amide bonds. The maximum Gasteiger partial charge on any atom is 0.451 e. The van der Waals surface area contributed by atoms with Crippen molar-refractivity contribution in [1.29, 1.82) is 0 Å². The molecule has 72 valence electrons. The van der Waals surface area contributed by atoms with Crippen molar-refractivity contribution in [2.75, 3.05) is 0 Å². The minimum absolute atomic E-state index is 0.375. The summed E-state index contributed by atoms with van der Waals surface area (Å²) in [7, 11) is 0. The molecule has 0 spiro atoms. The van der Waals surface area contributed by atoms with E-state index in [1.54, 1.807) is 20.8 Å². The van der Waals surface area contributed by atoms with Gasteiger partial charge < -0.3 is 0 Å². The van der Waals surface area contributed by atoms with Crippen molar-refractivity contribution in [2.24, 2.45) is 0 Å². The molecule has 1 heterocycles. The van der Waals surface area contributed by atoms with Crippen molar-refractivity contribution in [3.8, 4) is 0 Å². The quantitative estimate of drug-likeness (QED) is 0.627. The van der Waals surface area contributed by atoms with Gasteiger partial charge in [-0.05, 0) is 26.3 Å². The minimum atomic E-state index is -4.46. The molecule has 2 nitrogen and oxygen atoms in total. The van der Waals surface area contributed by atoms with Gasteiger partial charge >= 0.3 is 6.18 Å². The molecule has 0 aliphatic carbocycles. The first-order valence-electron chi connectivity index (χ1n) is 3.71. The molecule has 0 aliphatic heterocycles. The molecular formula is C8H9F3N2. The average Bonchev–Trinajstić information content (AvgIpc) is 1.97. The van der Waals surface area contributed by atoms with Gasteiger partial charge in [-0.2, -0.15) is 13.2 Å². The molecule has 1 aromatic rings. The third-order valence-corrected chi connectivity index (χ3v) is 1.89. The van der Waals surface area contributed by atoms with Crippen LogP contribution in [0, 0.1) is 20.8 Å². The molecule has 0 saturated heterocycles. The molecule has 1 rings (SSSR count). The molecule has 0 saturated carbocycles. The lowest BCUT2D eigenvalue weighted by Crippen LogP contribution is -2.13.